The first-order valence-corrected chi connectivity index (χ1v) is 6.78. The SMILES string of the molecule is CN1CCO[C@H](CNCc2ccc(OC(F)(F)F)cc2)C1. The number of benzene rings is 1. The van der Waals surface area contributed by atoms with Crippen LogP contribution in [0.5, 0.6) is 5.75 Å². The van der Waals surface area contributed by atoms with Gasteiger partial charge in [0, 0.05) is 26.2 Å². The minimum Gasteiger partial charge on any atom is -0.406 e. The third-order valence-corrected chi connectivity index (χ3v) is 3.20. The number of rotatable bonds is 5. The van der Waals surface area contributed by atoms with Crippen LogP contribution in [-0.2, 0) is 11.3 Å². The summed E-state index contributed by atoms with van der Waals surface area (Å²) in [5, 5.41) is 3.24. The molecule has 1 aromatic carbocycles. The van der Waals surface area contributed by atoms with Crippen LogP contribution in [0.1, 0.15) is 5.56 Å². The Morgan fingerprint density at radius 2 is 2.05 bits per heavy atom. The van der Waals surface area contributed by atoms with Gasteiger partial charge in [-0.05, 0) is 24.7 Å². The molecule has 1 saturated heterocycles. The Labute approximate surface area is 121 Å². The van der Waals surface area contributed by atoms with E-state index in [1.165, 1.54) is 12.1 Å². The molecule has 0 spiro atoms. The number of likely N-dealkylation sites (N-methyl/N-ethyl adjacent to an activating group) is 1. The van der Waals surface area contributed by atoms with Gasteiger partial charge in [0.15, 0.2) is 0 Å². The van der Waals surface area contributed by atoms with Crippen molar-refractivity contribution in [3.8, 4) is 5.75 Å². The van der Waals surface area contributed by atoms with Gasteiger partial charge in [-0.25, -0.2) is 0 Å². The molecule has 4 nitrogen and oxygen atoms in total. The lowest BCUT2D eigenvalue weighted by molar-refractivity contribution is -0.274. The van der Waals surface area contributed by atoms with Crippen molar-refractivity contribution < 1.29 is 22.6 Å². The van der Waals surface area contributed by atoms with E-state index in [-0.39, 0.29) is 11.9 Å². The van der Waals surface area contributed by atoms with Crippen molar-refractivity contribution >= 4 is 0 Å². The van der Waals surface area contributed by atoms with E-state index < -0.39 is 6.36 Å². The Hall–Kier alpha value is -1.31. The Morgan fingerprint density at radius 1 is 1.33 bits per heavy atom. The molecule has 0 unspecified atom stereocenters. The fourth-order valence-corrected chi connectivity index (χ4v) is 2.18. The van der Waals surface area contributed by atoms with Gasteiger partial charge in [-0.15, -0.1) is 13.2 Å². The molecular weight excluding hydrogens is 285 g/mol. The maximum Gasteiger partial charge on any atom is 0.573 e. The first-order chi connectivity index (χ1) is 9.92. The van der Waals surface area contributed by atoms with Gasteiger partial charge in [0.2, 0.25) is 0 Å². The molecule has 0 saturated carbocycles. The molecule has 1 fully saturated rings. The molecule has 0 bridgehead atoms. The molecule has 1 aliphatic rings. The van der Waals surface area contributed by atoms with Gasteiger partial charge in [0.25, 0.3) is 0 Å². The van der Waals surface area contributed by atoms with Crippen molar-refractivity contribution in [2.75, 3.05) is 33.3 Å². The second-order valence-electron chi connectivity index (χ2n) is 5.08. The van der Waals surface area contributed by atoms with Crippen molar-refractivity contribution in [3.05, 3.63) is 29.8 Å². The first kappa shape index (κ1) is 16.1. The van der Waals surface area contributed by atoms with Gasteiger partial charge in [-0.2, -0.15) is 0 Å². The van der Waals surface area contributed by atoms with Crippen LogP contribution in [0.2, 0.25) is 0 Å². The molecule has 0 radical (unpaired) electrons. The predicted octanol–water partition coefficient (Wildman–Crippen LogP) is 2.01. The number of morpholine rings is 1. The fraction of sp³-hybridized carbons (Fsp3) is 0.571. The number of halogens is 3. The van der Waals surface area contributed by atoms with Crippen molar-refractivity contribution in [3.63, 3.8) is 0 Å². The van der Waals surface area contributed by atoms with Crippen LogP contribution in [0.4, 0.5) is 13.2 Å². The van der Waals surface area contributed by atoms with Gasteiger partial charge in [-0.1, -0.05) is 12.1 Å². The summed E-state index contributed by atoms with van der Waals surface area (Å²) in [6, 6.07) is 5.86. The molecule has 7 heteroatoms. The van der Waals surface area contributed by atoms with Gasteiger partial charge in [0.05, 0.1) is 12.7 Å². The fourth-order valence-electron chi connectivity index (χ4n) is 2.18. The zero-order chi connectivity index (χ0) is 15.3. The molecule has 0 aromatic heterocycles. The van der Waals surface area contributed by atoms with Crippen LogP contribution in [-0.4, -0.2) is 50.7 Å². The van der Waals surface area contributed by atoms with Crippen molar-refractivity contribution in [2.45, 2.75) is 19.0 Å². The van der Waals surface area contributed by atoms with Crippen molar-refractivity contribution in [1.82, 2.24) is 10.2 Å². The van der Waals surface area contributed by atoms with Crippen LogP contribution in [0.3, 0.4) is 0 Å². The Morgan fingerprint density at radius 3 is 2.67 bits per heavy atom. The lowest BCUT2D eigenvalue weighted by Crippen LogP contribution is -2.44. The van der Waals surface area contributed by atoms with E-state index in [1.54, 1.807) is 12.1 Å². The molecular formula is C14H19F3N2O2. The summed E-state index contributed by atoms with van der Waals surface area (Å²) in [6.45, 7) is 3.84. The third kappa shape index (κ3) is 5.91. The average molecular weight is 304 g/mol. The molecule has 118 valence electrons. The van der Waals surface area contributed by atoms with Crippen LogP contribution in [0.25, 0.3) is 0 Å². The normalized spacial score (nSPS) is 20.5. The summed E-state index contributed by atoms with van der Waals surface area (Å²) in [5.74, 6) is -0.205. The molecule has 1 aliphatic heterocycles. The number of alkyl halides is 3. The zero-order valence-corrected chi connectivity index (χ0v) is 11.8. The number of nitrogens with one attached hydrogen (secondary N) is 1. The van der Waals surface area contributed by atoms with Crippen LogP contribution < -0.4 is 10.1 Å². The van der Waals surface area contributed by atoms with E-state index in [0.29, 0.717) is 13.1 Å². The molecule has 1 aromatic rings. The van der Waals surface area contributed by atoms with Crippen molar-refractivity contribution in [2.24, 2.45) is 0 Å². The molecule has 1 heterocycles. The highest BCUT2D eigenvalue weighted by Crippen LogP contribution is 2.22. The highest BCUT2D eigenvalue weighted by Gasteiger charge is 2.30. The standard InChI is InChI=1S/C14H19F3N2O2/c1-19-6-7-20-13(10-19)9-18-8-11-2-4-12(5-3-11)21-14(15,16)17/h2-5,13,18H,6-10H2,1H3/t13-/m1/s1. The Balaban J connectivity index is 1.73. The minimum atomic E-state index is -4.65. The lowest BCUT2D eigenvalue weighted by atomic mass is 10.2. The summed E-state index contributed by atoms with van der Waals surface area (Å²) in [5.41, 5.74) is 0.897. The van der Waals surface area contributed by atoms with Gasteiger partial charge in [-0.3, -0.25) is 0 Å². The van der Waals surface area contributed by atoms with E-state index in [4.69, 9.17) is 4.74 Å². The second kappa shape index (κ2) is 7.11. The second-order valence-corrected chi connectivity index (χ2v) is 5.08. The number of hydrogen-bond donors (Lipinski definition) is 1. The summed E-state index contributed by atoms with van der Waals surface area (Å²) in [6.07, 6.45) is -4.50. The lowest BCUT2D eigenvalue weighted by Gasteiger charge is -2.30. The van der Waals surface area contributed by atoms with Crippen LogP contribution in [0.15, 0.2) is 24.3 Å². The quantitative estimate of drug-likeness (QED) is 0.902. The third-order valence-electron chi connectivity index (χ3n) is 3.20. The summed E-state index contributed by atoms with van der Waals surface area (Å²) >= 11 is 0. The smallest absolute Gasteiger partial charge is 0.406 e. The van der Waals surface area contributed by atoms with E-state index in [0.717, 1.165) is 25.3 Å². The van der Waals surface area contributed by atoms with Gasteiger partial charge in [0.1, 0.15) is 5.75 Å². The maximum atomic E-state index is 12.0. The van der Waals surface area contributed by atoms with Gasteiger partial charge >= 0.3 is 6.36 Å². The van der Waals surface area contributed by atoms with E-state index in [2.05, 4.69) is 22.0 Å². The minimum absolute atomic E-state index is 0.150. The zero-order valence-electron chi connectivity index (χ0n) is 11.8. The van der Waals surface area contributed by atoms with Crippen LogP contribution >= 0.6 is 0 Å². The van der Waals surface area contributed by atoms with Gasteiger partial charge < -0.3 is 19.7 Å². The number of nitrogens with zero attached hydrogens (tertiary/aromatic N) is 1. The molecule has 0 amide bonds. The van der Waals surface area contributed by atoms with E-state index >= 15 is 0 Å². The molecule has 2 rings (SSSR count). The average Bonchev–Trinajstić information content (AvgIpc) is 2.39. The largest absolute Gasteiger partial charge is 0.573 e. The van der Waals surface area contributed by atoms with E-state index in [9.17, 15) is 13.2 Å². The molecule has 21 heavy (non-hydrogen) atoms. The number of hydrogen-bond acceptors (Lipinski definition) is 4. The predicted molar refractivity (Wildman–Crippen MR) is 72.1 cm³/mol. The van der Waals surface area contributed by atoms with E-state index in [1.807, 2.05) is 0 Å². The highest BCUT2D eigenvalue weighted by molar-refractivity contribution is 5.27. The Bertz CT molecular complexity index is 437. The maximum absolute atomic E-state index is 12.0. The summed E-state index contributed by atoms with van der Waals surface area (Å²) < 4.78 is 45.5. The van der Waals surface area contributed by atoms with Crippen molar-refractivity contribution in [1.29, 1.82) is 0 Å². The monoisotopic (exact) mass is 304 g/mol. The molecule has 1 atom stereocenters. The molecule has 0 aliphatic carbocycles. The summed E-state index contributed by atoms with van der Waals surface area (Å²) in [4.78, 5) is 2.21. The topological polar surface area (TPSA) is 33.7 Å². The highest BCUT2D eigenvalue weighted by atomic mass is 19.4. The summed E-state index contributed by atoms with van der Waals surface area (Å²) in [7, 11) is 2.05. The first-order valence-electron chi connectivity index (χ1n) is 6.78. The molecule has 1 N–H and O–H groups in total. The number of ether oxygens (including phenoxy) is 2. The Kier molecular flexibility index (Phi) is 5.44. The van der Waals surface area contributed by atoms with Crippen LogP contribution in [0, 0.1) is 0 Å².